The van der Waals surface area contributed by atoms with E-state index in [1.807, 2.05) is 18.2 Å². The molecule has 0 aliphatic rings. The highest BCUT2D eigenvalue weighted by Crippen LogP contribution is 2.27. The molecule has 1 aromatic carbocycles. The smallest absolute Gasteiger partial charge is 0.131 e. The third-order valence-corrected chi connectivity index (χ3v) is 2.93. The molecule has 0 bridgehead atoms. The van der Waals surface area contributed by atoms with Gasteiger partial charge in [0.2, 0.25) is 5.82 Å². The lowest BCUT2D eigenvalue weighted by Crippen LogP contribution is -1.98. The average molecular weight is 330 g/mol. The van der Waals surface area contributed by atoms with E-state index in [1.165, 1.54) is 0 Å². The fourth-order valence-corrected chi connectivity index (χ4v) is 1.84. The molecule has 0 spiro atoms. The summed E-state index contributed by atoms with van der Waals surface area (Å²) in [6.45, 7) is 1.75. The van der Waals surface area contributed by atoms with Gasteiger partial charge in [-0.25, -0.2) is 0 Å². The number of aromatic nitrogens is 4. The summed E-state index contributed by atoms with van der Waals surface area (Å²) in [6, 6.07) is 5.77. The van der Waals surface area contributed by atoms with Crippen LogP contribution in [0.25, 0.3) is 11.4 Å². The number of aryl methyl sites for hydroxylation is 1. The molecule has 15 heavy (non-hydrogen) atoms. The number of nitrogens with zero attached hydrogens (tertiary/aromatic N) is 4. The van der Waals surface area contributed by atoms with Crippen LogP contribution in [0.2, 0.25) is 0 Å². The molecule has 2 aromatic rings. The highest BCUT2D eigenvalue weighted by molar-refractivity contribution is 9.11. The molecule has 0 N–H and O–H groups in total. The van der Waals surface area contributed by atoms with Crippen molar-refractivity contribution in [2.75, 3.05) is 0 Å². The van der Waals surface area contributed by atoms with Crippen molar-refractivity contribution in [1.29, 1.82) is 0 Å². The summed E-state index contributed by atoms with van der Waals surface area (Å²) >= 11 is 6.82. The third kappa shape index (κ3) is 2.38. The van der Waals surface area contributed by atoms with Crippen molar-refractivity contribution in [3.63, 3.8) is 0 Å². The molecule has 6 heteroatoms. The van der Waals surface area contributed by atoms with Crippen LogP contribution >= 0.6 is 31.9 Å². The topological polar surface area (TPSA) is 51.6 Å². The van der Waals surface area contributed by atoms with Crippen LogP contribution in [0.3, 0.4) is 0 Å². The van der Waals surface area contributed by atoms with E-state index in [0.717, 1.165) is 14.5 Å². The molecule has 0 unspecified atom stereocenters. The summed E-state index contributed by atoms with van der Waals surface area (Å²) in [4.78, 5) is 0. The standard InChI is InChI=1S/C9H6Br2N4/c1-5-12-14-9(15-13-5)7-4-6(10)2-3-8(7)11/h2-4H,1H3. The second-order valence-electron chi connectivity index (χ2n) is 2.89. The zero-order valence-corrected chi connectivity index (χ0v) is 10.9. The van der Waals surface area contributed by atoms with E-state index in [1.54, 1.807) is 6.92 Å². The second-order valence-corrected chi connectivity index (χ2v) is 4.67. The van der Waals surface area contributed by atoms with Crippen LogP contribution in [0.15, 0.2) is 27.1 Å². The van der Waals surface area contributed by atoms with Crippen LogP contribution in [0.4, 0.5) is 0 Å². The summed E-state index contributed by atoms with van der Waals surface area (Å²) in [5.74, 6) is 1.07. The van der Waals surface area contributed by atoms with E-state index in [9.17, 15) is 0 Å². The van der Waals surface area contributed by atoms with Crippen LogP contribution in [0.5, 0.6) is 0 Å². The van der Waals surface area contributed by atoms with Crippen molar-refractivity contribution in [2.45, 2.75) is 6.92 Å². The lowest BCUT2D eigenvalue weighted by molar-refractivity contribution is 0.815. The number of halogens is 2. The Morgan fingerprint density at radius 2 is 1.67 bits per heavy atom. The van der Waals surface area contributed by atoms with E-state index < -0.39 is 0 Å². The van der Waals surface area contributed by atoms with Gasteiger partial charge in [-0.05, 0) is 25.1 Å². The van der Waals surface area contributed by atoms with Crippen molar-refractivity contribution >= 4 is 31.9 Å². The van der Waals surface area contributed by atoms with Gasteiger partial charge >= 0.3 is 0 Å². The van der Waals surface area contributed by atoms with Crippen molar-refractivity contribution in [3.05, 3.63) is 33.0 Å². The summed E-state index contributed by atoms with van der Waals surface area (Å²) in [5.41, 5.74) is 0.865. The average Bonchev–Trinajstić information content (AvgIpc) is 2.23. The molecule has 0 fully saturated rings. The third-order valence-electron chi connectivity index (χ3n) is 1.75. The van der Waals surface area contributed by atoms with Gasteiger partial charge in [0, 0.05) is 14.5 Å². The molecule has 0 radical (unpaired) electrons. The Labute approximate surface area is 103 Å². The highest BCUT2D eigenvalue weighted by atomic mass is 79.9. The van der Waals surface area contributed by atoms with E-state index >= 15 is 0 Å². The zero-order chi connectivity index (χ0) is 10.8. The molecule has 76 valence electrons. The first kappa shape index (κ1) is 10.6. The number of hydrogen-bond acceptors (Lipinski definition) is 4. The molecular formula is C9H6Br2N4. The Morgan fingerprint density at radius 1 is 1.00 bits per heavy atom. The molecule has 1 heterocycles. The van der Waals surface area contributed by atoms with Gasteiger partial charge in [0.1, 0.15) is 0 Å². The van der Waals surface area contributed by atoms with Gasteiger partial charge in [-0.1, -0.05) is 31.9 Å². The van der Waals surface area contributed by atoms with E-state index in [0.29, 0.717) is 11.6 Å². The molecule has 4 nitrogen and oxygen atoms in total. The predicted octanol–water partition coefficient (Wildman–Crippen LogP) is 2.77. The quantitative estimate of drug-likeness (QED) is 0.807. The number of rotatable bonds is 1. The Hall–Kier alpha value is -0.880. The molecule has 0 aliphatic carbocycles. The summed E-state index contributed by atoms with van der Waals surface area (Å²) in [5, 5.41) is 15.7. The van der Waals surface area contributed by atoms with Crippen LogP contribution in [0.1, 0.15) is 5.82 Å². The lowest BCUT2D eigenvalue weighted by Gasteiger charge is -2.01. The molecule has 0 amide bonds. The van der Waals surface area contributed by atoms with Crippen molar-refractivity contribution in [2.24, 2.45) is 0 Å². The maximum Gasteiger partial charge on any atom is 0.204 e. The normalized spacial score (nSPS) is 10.3. The maximum atomic E-state index is 3.98. The lowest BCUT2D eigenvalue weighted by atomic mass is 10.2. The molecule has 0 saturated heterocycles. The molecule has 1 aromatic heterocycles. The van der Waals surface area contributed by atoms with Crippen LogP contribution < -0.4 is 0 Å². The molecule has 0 atom stereocenters. The number of hydrogen-bond donors (Lipinski definition) is 0. The first-order valence-corrected chi connectivity index (χ1v) is 5.75. The van der Waals surface area contributed by atoms with Gasteiger partial charge in [0.15, 0.2) is 5.82 Å². The van der Waals surface area contributed by atoms with Gasteiger partial charge in [-0.15, -0.1) is 20.4 Å². The number of benzene rings is 1. The summed E-state index contributed by atoms with van der Waals surface area (Å²) < 4.78 is 1.88. The van der Waals surface area contributed by atoms with Crippen molar-refractivity contribution in [1.82, 2.24) is 20.4 Å². The molecule has 0 aliphatic heterocycles. The predicted molar refractivity (Wildman–Crippen MR) is 63.2 cm³/mol. The fraction of sp³-hybridized carbons (Fsp3) is 0.111. The van der Waals surface area contributed by atoms with Crippen LogP contribution in [0, 0.1) is 6.92 Å². The molecular weight excluding hydrogens is 324 g/mol. The summed E-state index contributed by atoms with van der Waals surface area (Å²) in [6.07, 6.45) is 0. The van der Waals surface area contributed by atoms with E-state index in [-0.39, 0.29) is 0 Å². The van der Waals surface area contributed by atoms with E-state index in [2.05, 4.69) is 52.3 Å². The van der Waals surface area contributed by atoms with Gasteiger partial charge < -0.3 is 0 Å². The Balaban J connectivity index is 2.53. The fourth-order valence-electron chi connectivity index (χ4n) is 1.06. The monoisotopic (exact) mass is 328 g/mol. The SMILES string of the molecule is Cc1nnc(-c2cc(Br)ccc2Br)nn1. The highest BCUT2D eigenvalue weighted by Gasteiger charge is 2.07. The zero-order valence-electron chi connectivity index (χ0n) is 7.78. The Bertz CT molecular complexity index is 484. The van der Waals surface area contributed by atoms with Crippen molar-refractivity contribution < 1.29 is 0 Å². The largest absolute Gasteiger partial charge is 0.204 e. The molecule has 0 saturated carbocycles. The minimum Gasteiger partial charge on any atom is -0.131 e. The Morgan fingerprint density at radius 3 is 2.33 bits per heavy atom. The van der Waals surface area contributed by atoms with Crippen LogP contribution in [-0.2, 0) is 0 Å². The summed E-state index contributed by atoms with van der Waals surface area (Å²) in [7, 11) is 0. The second kappa shape index (κ2) is 4.32. The minimum absolute atomic E-state index is 0.508. The van der Waals surface area contributed by atoms with Gasteiger partial charge in [-0.2, -0.15) is 0 Å². The molecule has 2 rings (SSSR count). The van der Waals surface area contributed by atoms with Gasteiger partial charge in [0.05, 0.1) is 0 Å². The van der Waals surface area contributed by atoms with Crippen LogP contribution in [-0.4, -0.2) is 20.4 Å². The maximum absolute atomic E-state index is 3.98. The Kier molecular flexibility index (Phi) is 3.06. The van der Waals surface area contributed by atoms with Gasteiger partial charge in [-0.3, -0.25) is 0 Å². The van der Waals surface area contributed by atoms with Gasteiger partial charge in [0.25, 0.3) is 0 Å². The minimum atomic E-state index is 0.508. The van der Waals surface area contributed by atoms with E-state index in [4.69, 9.17) is 0 Å². The first-order valence-electron chi connectivity index (χ1n) is 4.16. The van der Waals surface area contributed by atoms with Crippen molar-refractivity contribution in [3.8, 4) is 11.4 Å². The first-order chi connectivity index (χ1) is 7.16.